The van der Waals surface area contributed by atoms with Crippen LogP contribution in [0.5, 0.6) is 0 Å². The lowest BCUT2D eigenvalue weighted by Crippen LogP contribution is -2.58. The second-order valence-electron chi connectivity index (χ2n) is 6.05. The highest BCUT2D eigenvalue weighted by atomic mass is 16.5. The predicted octanol–water partition coefficient (Wildman–Crippen LogP) is 1.09. The Morgan fingerprint density at radius 3 is 2.84 bits per heavy atom. The van der Waals surface area contributed by atoms with E-state index in [-0.39, 0.29) is 25.0 Å². The third kappa shape index (κ3) is 2.04. The maximum absolute atomic E-state index is 12.1. The summed E-state index contributed by atoms with van der Waals surface area (Å²) in [7, 11) is 0. The van der Waals surface area contributed by atoms with E-state index >= 15 is 0 Å². The second-order valence-corrected chi connectivity index (χ2v) is 6.05. The highest BCUT2D eigenvalue weighted by Gasteiger charge is 2.62. The molecule has 1 N–H and O–H groups in total. The van der Waals surface area contributed by atoms with E-state index in [2.05, 4.69) is 0 Å². The van der Waals surface area contributed by atoms with Gasteiger partial charge < -0.3 is 14.7 Å². The van der Waals surface area contributed by atoms with Crippen LogP contribution in [0.15, 0.2) is 0 Å². The van der Waals surface area contributed by atoms with Crippen LogP contribution in [0.25, 0.3) is 0 Å². The second kappa shape index (κ2) is 4.78. The molecule has 2 unspecified atom stereocenters. The van der Waals surface area contributed by atoms with Crippen LogP contribution in [-0.4, -0.2) is 46.7 Å². The molecule has 2 heterocycles. The minimum absolute atomic E-state index is 0.0173. The Morgan fingerprint density at radius 1 is 1.53 bits per heavy atom. The van der Waals surface area contributed by atoms with Crippen molar-refractivity contribution in [1.82, 2.24) is 4.90 Å². The Kier molecular flexibility index (Phi) is 3.60. The van der Waals surface area contributed by atoms with E-state index in [1.807, 2.05) is 0 Å². The van der Waals surface area contributed by atoms with E-state index in [0.29, 0.717) is 6.54 Å². The standard InChI is InChI=1S/C14H23NO4/c1-4-19-12(17)13(2,3)14(18)9-11(16)15-8-6-5-7-10(14)15/h10,18H,4-9H2,1-3H3. The number of rotatable bonds is 3. The Balaban J connectivity index is 2.30. The van der Waals surface area contributed by atoms with Gasteiger partial charge in [-0.2, -0.15) is 0 Å². The summed E-state index contributed by atoms with van der Waals surface area (Å²) in [5.74, 6) is -0.484. The minimum atomic E-state index is -1.32. The fourth-order valence-corrected chi connectivity index (χ4v) is 3.30. The molecule has 0 aromatic rings. The normalized spacial score (nSPS) is 31.3. The molecule has 0 bridgehead atoms. The van der Waals surface area contributed by atoms with Gasteiger partial charge in [0.05, 0.1) is 24.5 Å². The number of hydrogen-bond acceptors (Lipinski definition) is 4. The van der Waals surface area contributed by atoms with Crippen LogP contribution in [0.1, 0.15) is 46.5 Å². The van der Waals surface area contributed by atoms with Gasteiger partial charge in [-0.25, -0.2) is 0 Å². The quantitative estimate of drug-likeness (QED) is 0.779. The van der Waals surface area contributed by atoms with Gasteiger partial charge in [0.15, 0.2) is 0 Å². The summed E-state index contributed by atoms with van der Waals surface area (Å²) < 4.78 is 5.07. The maximum Gasteiger partial charge on any atom is 0.314 e. The lowest BCUT2D eigenvalue weighted by molar-refractivity contribution is -0.175. The Bertz CT molecular complexity index is 393. The molecule has 0 aromatic carbocycles. The number of esters is 1. The lowest BCUT2D eigenvalue weighted by Gasteiger charge is -2.44. The molecule has 5 nitrogen and oxygen atoms in total. The van der Waals surface area contributed by atoms with Crippen LogP contribution in [0.3, 0.4) is 0 Å². The van der Waals surface area contributed by atoms with E-state index in [1.165, 1.54) is 0 Å². The van der Waals surface area contributed by atoms with E-state index in [4.69, 9.17) is 4.74 Å². The maximum atomic E-state index is 12.1. The molecule has 0 radical (unpaired) electrons. The molecule has 19 heavy (non-hydrogen) atoms. The summed E-state index contributed by atoms with van der Waals surface area (Å²) in [4.78, 5) is 25.9. The van der Waals surface area contributed by atoms with Gasteiger partial charge in [-0.3, -0.25) is 9.59 Å². The van der Waals surface area contributed by atoms with Crippen molar-refractivity contribution >= 4 is 11.9 Å². The van der Waals surface area contributed by atoms with E-state index < -0.39 is 17.0 Å². The van der Waals surface area contributed by atoms with Gasteiger partial charge in [0.2, 0.25) is 5.91 Å². The predicted molar refractivity (Wildman–Crippen MR) is 69.3 cm³/mol. The van der Waals surface area contributed by atoms with Gasteiger partial charge in [-0.1, -0.05) is 0 Å². The van der Waals surface area contributed by atoms with Gasteiger partial charge in [-0.05, 0) is 40.0 Å². The van der Waals surface area contributed by atoms with Crippen molar-refractivity contribution in [3.8, 4) is 0 Å². The average molecular weight is 269 g/mol. The van der Waals surface area contributed by atoms with E-state index in [0.717, 1.165) is 19.3 Å². The van der Waals surface area contributed by atoms with Gasteiger partial charge >= 0.3 is 5.97 Å². The van der Waals surface area contributed by atoms with Crippen molar-refractivity contribution in [3.05, 3.63) is 0 Å². The molecule has 0 aromatic heterocycles. The molecule has 2 fully saturated rings. The molecule has 1 amide bonds. The van der Waals surface area contributed by atoms with Crippen molar-refractivity contribution in [1.29, 1.82) is 0 Å². The largest absolute Gasteiger partial charge is 0.465 e. The monoisotopic (exact) mass is 269 g/mol. The Labute approximate surface area is 113 Å². The minimum Gasteiger partial charge on any atom is -0.465 e. The molecule has 0 aliphatic carbocycles. The first kappa shape index (κ1) is 14.3. The summed E-state index contributed by atoms with van der Waals surface area (Å²) in [5.41, 5.74) is -2.40. The number of hydrogen-bond donors (Lipinski definition) is 1. The topological polar surface area (TPSA) is 66.8 Å². The van der Waals surface area contributed by atoms with Crippen LogP contribution >= 0.6 is 0 Å². The van der Waals surface area contributed by atoms with Gasteiger partial charge in [0.1, 0.15) is 5.60 Å². The summed E-state index contributed by atoms with van der Waals surface area (Å²) in [5, 5.41) is 11.0. The van der Waals surface area contributed by atoms with Crippen molar-refractivity contribution < 1.29 is 19.4 Å². The highest BCUT2D eigenvalue weighted by molar-refractivity contribution is 5.85. The number of piperidine rings is 1. The molecule has 2 atom stereocenters. The molecule has 2 aliphatic heterocycles. The highest BCUT2D eigenvalue weighted by Crippen LogP contribution is 2.47. The average Bonchev–Trinajstić information content (AvgIpc) is 2.64. The van der Waals surface area contributed by atoms with Crippen LogP contribution in [0.2, 0.25) is 0 Å². The Hall–Kier alpha value is -1.10. The number of ether oxygens (including phenoxy) is 1. The molecule has 2 saturated heterocycles. The molecular formula is C14H23NO4. The number of aliphatic hydroxyl groups is 1. The molecule has 0 saturated carbocycles. The molecule has 5 heteroatoms. The number of nitrogens with zero attached hydrogens (tertiary/aromatic N) is 1. The fourth-order valence-electron chi connectivity index (χ4n) is 3.30. The number of carbonyl (C=O) groups is 2. The summed E-state index contributed by atoms with van der Waals surface area (Å²) in [6.07, 6.45) is 2.72. The molecule has 108 valence electrons. The summed E-state index contributed by atoms with van der Waals surface area (Å²) >= 11 is 0. The van der Waals surface area contributed by atoms with Gasteiger partial charge in [0.25, 0.3) is 0 Å². The van der Waals surface area contributed by atoms with Crippen molar-refractivity contribution in [2.24, 2.45) is 5.41 Å². The smallest absolute Gasteiger partial charge is 0.314 e. The first-order valence-corrected chi connectivity index (χ1v) is 7.03. The summed E-state index contributed by atoms with van der Waals surface area (Å²) in [6, 6.07) is -0.256. The van der Waals surface area contributed by atoms with E-state index in [9.17, 15) is 14.7 Å². The fraction of sp³-hybridized carbons (Fsp3) is 0.857. The number of fused-ring (bicyclic) bond motifs is 1. The zero-order chi connectivity index (χ0) is 14.3. The molecule has 0 spiro atoms. The van der Waals surface area contributed by atoms with Crippen LogP contribution in [0.4, 0.5) is 0 Å². The van der Waals surface area contributed by atoms with Crippen LogP contribution < -0.4 is 0 Å². The lowest BCUT2D eigenvalue weighted by atomic mass is 9.69. The van der Waals surface area contributed by atoms with Gasteiger partial charge in [0, 0.05) is 6.54 Å². The number of carbonyl (C=O) groups excluding carboxylic acids is 2. The molecular weight excluding hydrogens is 246 g/mol. The Morgan fingerprint density at radius 2 is 2.21 bits per heavy atom. The first-order chi connectivity index (χ1) is 8.84. The third-order valence-electron chi connectivity index (χ3n) is 4.66. The molecule has 2 aliphatic rings. The summed E-state index contributed by atoms with van der Waals surface area (Å²) in [6.45, 7) is 6.06. The number of amides is 1. The van der Waals surface area contributed by atoms with Crippen molar-refractivity contribution in [2.75, 3.05) is 13.2 Å². The first-order valence-electron chi connectivity index (χ1n) is 7.03. The van der Waals surface area contributed by atoms with Crippen LogP contribution in [-0.2, 0) is 14.3 Å². The van der Waals surface area contributed by atoms with E-state index in [1.54, 1.807) is 25.7 Å². The van der Waals surface area contributed by atoms with Crippen molar-refractivity contribution in [3.63, 3.8) is 0 Å². The van der Waals surface area contributed by atoms with Gasteiger partial charge in [-0.15, -0.1) is 0 Å². The molecule has 2 rings (SSSR count). The SMILES string of the molecule is CCOC(=O)C(C)(C)C1(O)CC(=O)N2CCCCC21. The zero-order valence-corrected chi connectivity index (χ0v) is 11.9. The van der Waals surface area contributed by atoms with Crippen LogP contribution in [0, 0.1) is 5.41 Å². The third-order valence-corrected chi connectivity index (χ3v) is 4.66. The van der Waals surface area contributed by atoms with Crippen molar-refractivity contribution in [2.45, 2.75) is 58.1 Å². The zero-order valence-electron chi connectivity index (χ0n) is 11.9.